The molecule has 6 nitrogen and oxygen atoms in total. The third-order valence-electron chi connectivity index (χ3n) is 9.01. The number of nitrogens with zero attached hydrogens (tertiary/aromatic N) is 1. The van der Waals surface area contributed by atoms with Gasteiger partial charge in [0.05, 0.1) is 17.4 Å². The fourth-order valence-corrected chi connectivity index (χ4v) is 7.20. The molecule has 8 rings (SSSR count). The zero-order chi connectivity index (χ0) is 26.1. The second kappa shape index (κ2) is 8.48. The van der Waals surface area contributed by atoms with Gasteiger partial charge in [-0.3, -0.25) is 19.3 Å². The van der Waals surface area contributed by atoms with E-state index in [1.165, 1.54) is 11.8 Å². The van der Waals surface area contributed by atoms with Gasteiger partial charge in [-0.25, -0.2) is 4.79 Å². The average molecular weight is 506 g/mol. The second-order valence-electron chi connectivity index (χ2n) is 11.0. The highest BCUT2D eigenvalue weighted by Gasteiger charge is 2.68. The van der Waals surface area contributed by atoms with Crippen molar-refractivity contribution in [3.05, 3.63) is 90.0 Å². The predicted molar refractivity (Wildman–Crippen MR) is 140 cm³/mol. The molecule has 4 aliphatic carbocycles. The number of benzene rings is 3. The fourth-order valence-electron chi connectivity index (χ4n) is 7.20. The van der Waals surface area contributed by atoms with Crippen LogP contribution >= 0.6 is 0 Å². The molecule has 0 spiro atoms. The number of imide groups is 1. The van der Waals surface area contributed by atoms with E-state index in [2.05, 4.69) is 12.2 Å². The van der Waals surface area contributed by atoms with Gasteiger partial charge in [0.15, 0.2) is 5.78 Å². The molecule has 0 aromatic heterocycles. The van der Waals surface area contributed by atoms with Gasteiger partial charge in [-0.2, -0.15) is 0 Å². The lowest BCUT2D eigenvalue weighted by Crippen LogP contribution is -2.48. The van der Waals surface area contributed by atoms with Crippen LogP contribution in [-0.4, -0.2) is 34.5 Å². The summed E-state index contributed by atoms with van der Waals surface area (Å²) >= 11 is 0. The lowest BCUT2D eigenvalue weighted by molar-refractivity contribution is -0.153. The first-order valence-electron chi connectivity index (χ1n) is 13.3. The predicted octanol–water partition coefficient (Wildman–Crippen LogP) is 4.61. The van der Waals surface area contributed by atoms with Gasteiger partial charge in [0, 0.05) is 11.8 Å². The van der Waals surface area contributed by atoms with Crippen LogP contribution in [0.15, 0.2) is 78.9 Å². The van der Waals surface area contributed by atoms with E-state index in [-0.39, 0.29) is 47.2 Å². The summed E-state index contributed by atoms with van der Waals surface area (Å²) in [5, 5.41) is 1.45. The first-order valence-corrected chi connectivity index (χ1v) is 13.3. The molecule has 190 valence electrons. The number of ether oxygens (including phenoxy) is 1. The lowest BCUT2D eigenvalue weighted by atomic mass is 9.63. The number of Topliss-reactive ketones (excluding diaryl/α,β-unsaturated/α-hetero) is 1. The molecule has 1 saturated heterocycles. The highest BCUT2D eigenvalue weighted by molar-refractivity contribution is 6.10. The number of likely N-dealkylation sites (tertiary alicyclic amines) is 1. The number of hydrogen-bond acceptors (Lipinski definition) is 5. The van der Waals surface area contributed by atoms with E-state index in [1.54, 1.807) is 12.1 Å². The SMILES string of the molecule is CC(=O)c1ccc2ccccc2c1OC(=O)[C@H](Cc1ccccc1)N1C(=O)[C@@H]2[C@H]3C=C[C@@H]([C@@H]4C[C@H]34)[C@@H]2C1=O. The molecule has 7 atom stereocenters. The van der Waals surface area contributed by atoms with Crippen molar-refractivity contribution in [3.63, 3.8) is 0 Å². The summed E-state index contributed by atoms with van der Waals surface area (Å²) < 4.78 is 5.99. The van der Waals surface area contributed by atoms with Crippen molar-refractivity contribution < 1.29 is 23.9 Å². The summed E-state index contributed by atoms with van der Waals surface area (Å²) in [6, 6.07) is 19.1. The molecule has 3 aromatic carbocycles. The van der Waals surface area contributed by atoms with Crippen molar-refractivity contribution in [1.29, 1.82) is 0 Å². The van der Waals surface area contributed by atoms with E-state index in [4.69, 9.17) is 4.74 Å². The molecule has 3 fully saturated rings. The van der Waals surface area contributed by atoms with Gasteiger partial charge >= 0.3 is 5.97 Å². The first kappa shape index (κ1) is 23.1. The topological polar surface area (TPSA) is 80.8 Å². The van der Waals surface area contributed by atoms with Crippen LogP contribution in [0.4, 0.5) is 0 Å². The number of carbonyl (C=O) groups is 4. The second-order valence-corrected chi connectivity index (χ2v) is 11.0. The highest BCUT2D eigenvalue weighted by atomic mass is 16.5. The van der Waals surface area contributed by atoms with E-state index in [0.717, 1.165) is 17.4 Å². The number of carbonyl (C=O) groups excluding carboxylic acids is 4. The Morgan fingerprint density at radius 1 is 0.868 bits per heavy atom. The summed E-state index contributed by atoms with van der Waals surface area (Å²) in [7, 11) is 0. The van der Waals surface area contributed by atoms with E-state index in [1.807, 2.05) is 54.6 Å². The molecule has 2 saturated carbocycles. The molecule has 0 N–H and O–H groups in total. The van der Waals surface area contributed by atoms with Crippen LogP contribution in [0.5, 0.6) is 5.75 Å². The molecule has 0 unspecified atom stereocenters. The molecular weight excluding hydrogens is 478 g/mol. The van der Waals surface area contributed by atoms with Crippen LogP contribution in [0.1, 0.15) is 29.3 Å². The molecule has 2 bridgehead atoms. The normalized spacial score (nSPS) is 29.2. The van der Waals surface area contributed by atoms with E-state index in [9.17, 15) is 19.2 Å². The first-order chi connectivity index (χ1) is 18.4. The molecule has 1 heterocycles. The number of hydrogen-bond donors (Lipinski definition) is 0. The summed E-state index contributed by atoms with van der Waals surface area (Å²) in [4.78, 5) is 55.4. The summed E-state index contributed by atoms with van der Waals surface area (Å²) in [6.45, 7) is 1.43. The molecule has 38 heavy (non-hydrogen) atoms. The highest BCUT2D eigenvalue weighted by Crippen LogP contribution is 2.65. The monoisotopic (exact) mass is 505 g/mol. The standard InChI is InChI=1S/C32H27NO5/c1-17(34)20-12-11-19-9-5-6-10-21(19)29(20)38-32(37)26(15-18-7-3-2-4-8-18)33-30(35)27-22-13-14-23(25-16-24(22)25)28(27)31(33)36/h2-14,22-28H,15-16H2,1H3/t22-,23-,24-,25+,26-,27-,28+/m0/s1. The Hall–Kier alpha value is -4.06. The van der Waals surface area contributed by atoms with Crippen LogP contribution in [0.2, 0.25) is 0 Å². The van der Waals surface area contributed by atoms with Gasteiger partial charge in [-0.05, 0) is 54.0 Å². The third kappa shape index (κ3) is 3.39. The summed E-state index contributed by atoms with van der Waals surface area (Å²) in [5.74, 6) is -1.07. The van der Waals surface area contributed by atoms with Crippen LogP contribution in [-0.2, 0) is 20.8 Å². The van der Waals surface area contributed by atoms with Gasteiger partial charge in [0.2, 0.25) is 11.8 Å². The Balaban J connectivity index is 1.28. The van der Waals surface area contributed by atoms with Crippen molar-refractivity contribution in [2.24, 2.45) is 35.5 Å². The minimum atomic E-state index is -1.13. The van der Waals surface area contributed by atoms with Crippen LogP contribution < -0.4 is 4.74 Å². The summed E-state index contributed by atoms with van der Waals surface area (Å²) in [6.07, 6.45) is 5.45. The Labute approximate surface area is 220 Å². The van der Waals surface area contributed by atoms with Gasteiger partial charge in [-0.15, -0.1) is 0 Å². The lowest BCUT2D eigenvalue weighted by Gasteiger charge is -2.37. The van der Waals surface area contributed by atoms with Gasteiger partial charge in [0.25, 0.3) is 0 Å². The van der Waals surface area contributed by atoms with Gasteiger partial charge < -0.3 is 4.74 Å². The average Bonchev–Trinajstić information content (AvgIpc) is 3.71. The zero-order valence-electron chi connectivity index (χ0n) is 20.9. The maximum Gasteiger partial charge on any atom is 0.335 e. The van der Waals surface area contributed by atoms with Crippen molar-refractivity contribution >= 4 is 34.3 Å². The quantitative estimate of drug-likeness (QED) is 0.161. The Kier molecular flexibility index (Phi) is 5.15. The minimum Gasteiger partial charge on any atom is -0.424 e. The van der Waals surface area contributed by atoms with Crippen LogP contribution in [0, 0.1) is 35.5 Å². The Morgan fingerprint density at radius 2 is 1.50 bits per heavy atom. The van der Waals surface area contributed by atoms with Crippen molar-refractivity contribution in [3.8, 4) is 5.75 Å². The third-order valence-corrected chi connectivity index (χ3v) is 9.01. The number of allylic oxidation sites excluding steroid dienone is 2. The van der Waals surface area contributed by atoms with E-state index >= 15 is 0 Å². The minimum absolute atomic E-state index is 0.0622. The largest absolute Gasteiger partial charge is 0.424 e. The Bertz CT molecular complexity index is 1510. The van der Waals surface area contributed by atoms with E-state index in [0.29, 0.717) is 17.2 Å². The number of esters is 1. The van der Waals surface area contributed by atoms with Crippen LogP contribution in [0.25, 0.3) is 10.8 Å². The molecule has 2 amide bonds. The van der Waals surface area contributed by atoms with Crippen molar-refractivity contribution in [1.82, 2.24) is 4.90 Å². The fraction of sp³-hybridized carbons (Fsp3) is 0.312. The Morgan fingerprint density at radius 3 is 2.16 bits per heavy atom. The van der Waals surface area contributed by atoms with Crippen molar-refractivity contribution in [2.45, 2.75) is 25.8 Å². The number of ketones is 1. The number of rotatable bonds is 6. The molecule has 1 aliphatic heterocycles. The molecule has 5 aliphatic rings. The number of amides is 2. The smallest absolute Gasteiger partial charge is 0.335 e. The number of fused-ring (bicyclic) bond motifs is 1. The van der Waals surface area contributed by atoms with Crippen molar-refractivity contribution in [2.75, 3.05) is 0 Å². The molecule has 3 aromatic rings. The molecular formula is C32H27NO5. The van der Waals surface area contributed by atoms with Gasteiger partial charge in [0.1, 0.15) is 11.8 Å². The van der Waals surface area contributed by atoms with Gasteiger partial charge in [-0.1, -0.05) is 72.8 Å². The maximum absolute atomic E-state index is 14.0. The molecule has 6 heteroatoms. The van der Waals surface area contributed by atoms with Crippen LogP contribution in [0.3, 0.4) is 0 Å². The summed E-state index contributed by atoms with van der Waals surface area (Å²) in [5.41, 5.74) is 1.10. The maximum atomic E-state index is 14.0. The van der Waals surface area contributed by atoms with E-state index < -0.39 is 23.8 Å². The zero-order valence-corrected chi connectivity index (χ0v) is 20.9. The molecule has 0 radical (unpaired) electrons.